The number of rotatable bonds is 2. The van der Waals surface area contributed by atoms with Crippen molar-refractivity contribution in [1.82, 2.24) is 4.57 Å². The van der Waals surface area contributed by atoms with Crippen LogP contribution in [0.4, 0.5) is 4.39 Å². The van der Waals surface area contributed by atoms with E-state index < -0.39 is 11.8 Å². The summed E-state index contributed by atoms with van der Waals surface area (Å²) in [5.74, 6) is -1.39. The van der Waals surface area contributed by atoms with Crippen molar-refractivity contribution >= 4 is 28.5 Å². The van der Waals surface area contributed by atoms with Gasteiger partial charge in [0.2, 0.25) is 0 Å². The zero-order valence-electron chi connectivity index (χ0n) is 8.50. The van der Waals surface area contributed by atoms with Gasteiger partial charge >= 0.3 is 5.97 Å². The van der Waals surface area contributed by atoms with Crippen LogP contribution in [0.1, 0.15) is 5.56 Å². The summed E-state index contributed by atoms with van der Waals surface area (Å²) in [6, 6.07) is 4.21. The molecule has 1 aromatic heterocycles. The van der Waals surface area contributed by atoms with Crippen molar-refractivity contribution in [3.05, 3.63) is 34.7 Å². The Morgan fingerprint density at radius 1 is 1.56 bits per heavy atom. The summed E-state index contributed by atoms with van der Waals surface area (Å²) in [7, 11) is 1.72. The van der Waals surface area contributed by atoms with E-state index in [0.717, 1.165) is 5.52 Å². The Kier molecular flexibility index (Phi) is 2.59. The molecule has 0 aliphatic carbocycles. The first-order chi connectivity index (χ1) is 7.50. The molecule has 0 aliphatic rings. The molecule has 0 atom stereocenters. The lowest BCUT2D eigenvalue weighted by atomic mass is 10.1. The zero-order chi connectivity index (χ0) is 11.9. The second-order valence-corrected chi connectivity index (χ2v) is 3.92. The number of halogens is 2. The molecule has 5 heteroatoms. The number of aliphatic carboxylic acids is 1. The van der Waals surface area contributed by atoms with Crippen LogP contribution < -0.4 is 0 Å². The van der Waals surface area contributed by atoms with Gasteiger partial charge in [-0.3, -0.25) is 4.79 Å². The fourth-order valence-corrected chi connectivity index (χ4v) is 2.04. The van der Waals surface area contributed by atoms with Gasteiger partial charge in [0.15, 0.2) is 0 Å². The van der Waals surface area contributed by atoms with Crippen molar-refractivity contribution < 1.29 is 14.3 Å². The van der Waals surface area contributed by atoms with Gasteiger partial charge in [-0.15, -0.1) is 0 Å². The summed E-state index contributed by atoms with van der Waals surface area (Å²) < 4.78 is 14.7. The highest BCUT2D eigenvalue weighted by molar-refractivity contribution is 6.32. The van der Waals surface area contributed by atoms with Gasteiger partial charge in [0.25, 0.3) is 0 Å². The van der Waals surface area contributed by atoms with Crippen LogP contribution in [0.15, 0.2) is 18.2 Å². The van der Waals surface area contributed by atoms with E-state index >= 15 is 0 Å². The van der Waals surface area contributed by atoms with E-state index in [1.165, 1.54) is 12.1 Å². The van der Waals surface area contributed by atoms with E-state index in [0.29, 0.717) is 16.1 Å². The Balaban J connectivity index is 2.75. The fourth-order valence-electron chi connectivity index (χ4n) is 1.78. The number of benzene rings is 1. The average molecular weight is 242 g/mol. The number of carboxylic acid groups (broad SMARTS) is 1. The number of aryl methyl sites for hydroxylation is 1. The van der Waals surface area contributed by atoms with E-state index in [2.05, 4.69) is 0 Å². The fraction of sp³-hybridized carbons (Fsp3) is 0.182. The minimum Gasteiger partial charge on any atom is -0.481 e. The second kappa shape index (κ2) is 3.79. The van der Waals surface area contributed by atoms with Gasteiger partial charge in [0.05, 0.1) is 6.42 Å². The summed E-state index contributed by atoms with van der Waals surface area (Å²) >= 11 is 6.01. The molecule has 0 radical (unpaired) electrons. The van der Waals surface area contributed by atoms with E-state index in [1.54, 1.807) is 17.7 Å². The van der Waals surface area contributed by atoms with Gasteiger partial charge in [-0.25, -0.2) is 4.39 Å². The standard InChI is InChI=1S/C11H9ClFNO2/c1-14-9-3-2-6(13)4-7(9)8(11(14)12)5-10(15)16/h2-4H,5H2,1H3,(H,15,16). The number of carboxylic acids is 1. The molecular formula is C11H9ClFNO2. The van der Waals surface area contributed by atoms with Crippen LogP contribution in [0.25, 0.3) is 10.9 Å². The van der Waals surface area contributed by atoms with Crippen molar-refractivity contribution in [2.75, 3.05) is 0 Å². The predicted molar refractivity (Wildman–Crippen MR) is 59.2 cm³/mol. The van der Waals surface area contributed by atoms with Crippen molar-refractivity contribution in [2.24, 2.45) is 7.05 Å². The molecule has 2 rings (SSSR count). The van der Waals surface area contributed by atoms with Gasteiger partial charge in [0.1, 0.15) is 11.0 Å². The third kappa shape index (κ3) is 1.65. The summed E-state index contributed by atoms with van der Waals surface area (Å²) in [5, 5.41) is 9.65. The van der Waals surface area contributed by atoms with Gasteiger partial charge in [-0.2, -0.15) is 0 Å². The Morgan fingerprint density at radius 2 is 2.25 bits per heavy atom. The minimum absolute atomic E-state index is 0.209. The molecule has 3 nitrogen and oxygen atoms in total. The van der Waals surface area contributed by atoms with E-state index in [-0.39, 0.29) is 6.42 Å². The Morgan fingerprint density at radius 3 is 2.88 bits per heavy atom. The van der Waals surface area contributed by atoms with Crippen molar-refractivity contribution in [3.63, 3.8) is 0 Å². The normalized spacial score (nSPS) is 10.9. The maximum Gasteiger partial charge on any atom is 0.307 e. The maximum atomic E-state index is 13.1. The number of hydrogen-bond donors (Lipinski definition) is 1. The lowest BCUT2D eigenvalue weighted by molar-refractivity contribution is -0.136. The Bertz CT molecular complexity index is 577. The first kappa shape index (κ1) is 11.0. The zero-order valence-corrected chi connectivity index (χ0v) is 9.25. The van der Waals surface area contributed by atoms with Gasteiger partial charge in [-0.1, -0.05) is 11.6 Å². The lowest BCUT2D eigenvalue weighted by Gasteiger charge is -1.96. The highest BCUT2D eigenvalue weighted by Crippen LogP contribution is 2.29. The first-order valence-corrected chi connectivity index (χ1v) is 5.02. The van der Waals surface area contributed by atoms with Crippen LogP contribution in [0.2, 0.25) is 5.15 Å². The van der Waals surface area contributed by atoms with Crippen molar-refractivity contribution in [3.8, 4) is 0 Å². The number of hydrogen-bond acceptors (Lipinski definition) is 1. The molecule has 0 saturated heterocycles. The highest BCUT2D eigenvalue weighted by atomic mass is 35.5. The van der Waals surface area contributed by atoms with Crippen LogP contribution >= 0.6 is 11.6 Å². The number of fused-ring (bicyclic) bond motifs is 1. The Labute approximate surface area is 96.1 Å². The molecule has 1 aromatic carbocycles. The van der Waals surface area contributed by atoms with Crippen LogP contribution in [0.5, 0.6) is 0 Å². The van der Waals surface area contributed by atoms with E-state index in [1.807, 2.05) is 0 Å². The molecule has 1 heterocycles. The molecule has 2 aromatic rings. The lowest BCUT2D eigenvalue weighted by Crippen LogP contribution is -2.00. The first-order valence-electron chi connectivity index (χ1n) is 4.65. The van der Waals surface area contributed by atoms with Crippen LogP contribution in [-0.4, -0.2) is 15.6 Å². The van der Waals surface area contributed by atoms with Gasteiger partial charge in [0, 0.05) is 23.5 Å². The maximum absolute atomic E-state index is 13.1. The molecule has 0 fully saturated rings. The van der Waals surface area contributed by atoms with Gasteiger partial charge < -0.3 is 9.67 Å². The minimum atomic E-state index is -0.987. The SMILES string of the molecule is Cn1c(Cl)c(CC(=O)O)c2cc(F)ccc21. The molecule has 1 N–H and O–H groups in total. The average Bonchev–Trinajstić information content (AvgIpc) is 2.43. The summed E-state index contributed by atoms with van der Waals surface area (Å²) in [6.07, 6.45) is -0.209. The summed E-state index contributed by atoms with van der Waals surface area (Å²) in [6.45, 7) is 0. The molecule has 0 unspecified atom stereocenters. The summed E-state index contributed by atoms with van der Waals surface area (Å²) in [5.41, 5.74) is 1.17. The summed E-state index contributed by atoms with van der Waals surface area (Å²) in [4.78, 5) is 10.7. The molecule has 16 heavy (non-hydrogen) atoms. The highest BCUT2D eigenvalue weighted by Gasteiger charge is 2.16. The molecule has 84 valence electrons. The Hall–Kier alpha value is -1.55. The van der Waals surface area contributed by atoms with Gasteiger partial charge in [-0.05, 0) is 18.2 Å². The smallest absolute Gasteiger partial charge is 0.307 e. The van der Waals surface area contributed by atoms with E-state index in [9.17, 15) is 9.18 Å². The topological polar surface area (TPSA) is 42.2 Å². The van der Waals surface area contributed by atoms with Crippen LogP contribution in [0.3, 0.4) is 0 Å². The molecule has 0 saturated carbocycles. The predicted octanol–water partition coefficient (Wildman–Crippen LogP) is 2.60. The van der Waals surface area contributed by atoms with Crippen LogP contribution in [0, 0.1) is 5.82 Å². The second-order valence-electron chi connectivity index (χ2n) is 3.56. The largest absolute Gasteiger partial charge is 0.481 e. The van der Waals surface area contributed by atoms with Crippen molar-refractivity contribution in [1.29, 1.82) is 0 Å². The van der Waals surface area contributed by atoms with Crippen molar-refractivity contribution in [2.45, 2.75) is 6.42 Å². The molecular weight excluding hydrogens is 233 g/mol. The third-order valence-corrected chi connectivity index (χ3v) is 3.00. The number of aromatic nitrogens is 1. The third-order valence-electron chi connectivity index (χ3n) is 2.52. The monoisotopic (exact) mass is 241 g/mol. The van der Waals surface area contributed by atoms with E-state index in [4.69, 9.17) is 16.7 Å². The molecule has 0 amide bonds. The molecule has 0 aliphatic heterocycles. The quantitative estimate of drug-likeness (QED) is 0.878. The number of carbonyl (C=O) groups is 1. The number of nitrogens with zero attached hydrogens (tertiary/aromatic N) is 1. The molecule has 0 spiro atoms. The molecule has 0 bridgehead atoms. The van der Waals surface area contributed by atoms with Crippen LogP contribution in [-0.2, 0) is 18.3 Å².